The van der Waals surface area contributed by atoms with Gasteiger partial charge in [0.1, 0.15) is 5.75 Å². The van der Waals surface area contributed by atoms with Gasteiger partial charge in [-0.2, -0.15) is 0 Å². The first-order chi connectivity index (χ1) is 14.0. The number of para-hydroxylation sites is 2. The van der Waals surface area contributed by atoms with Crippen LogP contribution in [0.3, 0.4) is 0 Å². The normalized spacial score (nSPS) is 15.0. The Kier molecular flexibility index (Phi) is 5.74. The molecule has 2 aromatic heterocycles. The molecule has 152 valence electrons. The summed E-state index contributed by atoms with van der Waals surface area (Å²) in [5.41, 5.74) is 3.88. The first-order valence-corrected chi connectivity index (χ1v) is 10.9. The fraction of sp³-hybridized carbons (Fsp3) is 0.348. The van der Waals surface area contributed by atoms with Crippen LogP contribution in [0.4, 0.5) is 5.69 Å². The highest BCUT2D eigenvalue weighted by molar-refractivity contribution is 7.09. The van der Waals surface area contributed by atoms with Gasteiger partial charge in [-0.1, -0.05) is 18.2 Å². The Morgan fingerprint density at radius 1 is 1.07 bits per heavy atom. The molecule has 0 atom stereocenters. The maximum absolute atomic E-state index is 13.0. The van der Waals surface area contributed by atoms with Crippen LogP contribution in [0.2, 0.25) is 0 Å². The standard InChI is InChI=1S/C23H27N3O2S/c1-17-14-20(18(2)26(17)15-19-6-5-13-29-19)23(28)16-24-9-11-25(12-10-24)21-7-3-4-8-22(21)27/h3-8,13-14,27H,9-12,15-16H2,1-2H3. The zero-order valence-electron chi connectivity index (χ0n) is 17.0. The molecule has 3 heterocycles. The molecule has 0 aliphatic carbocycles. The van der Waals surface area contributed by atoms with E-state index in [1.165, 1.54) is 4.88 Å². The average Bonchev–Trinajstić information content (AvgIpc) is 3.33. The number of carbonyl (C=O) groups excluding carboxylic acids is 1. The van der Waals surface area contributed by atoms with E-state index in [9.17, 15) is 9.90 Å². The lowest BCUT2D eigenvalue weighted by molar-refractivity contribution is 0.0925. The number of phenols is 1. The van der Waals surface area contributed by atoms with Crippen molar-refractivity contribution in [2.45, 2.75) is 20.4 Å². The number of aromatic nitrogens is 1. The van der Waals surface area contributed by atoms with Gasteiger partial charge >= 0.3 is 0 Å². The van der Waals surface area contributed by atoms with Gasteiger partial charge in [-0.3, -0.25) is 9.69 Å². The van der Waals surface area contributed by atoms with Crippen molar-refractivity contribution >= 4 is 22.8 Å². The predicted octanol–water partition coefficient (Wildman–Crippen LogP) is 3.93. The van der Waals surface area contributed by atoms with Crippen LogP contribution in [0.15, 0.2) is 47.8 Å². The van der Waals surface area contributed by atoms with Gasteiger partial charge in [0.2, 0.25) is 0 Å². The lowest BCUT2D eigenvalue weighted by atomic mass is 10.1. The van der Waals surface area contributed by atoms with Gasteiger partial charge in [0.25, 0.3) is 0 Å². The summed E-state index contributed by atoms with van der Waals surface area (Å²) in [6.45, 7) is 8.62. The molecule has 0 spiro atoms. The van der Waals surface area contributed by atoms with Crippen LogP contribution in [0.1, 0.15) is 26.6 Å². The maximum atomic E-state index is 13.0. The Bertz CT molecular complexity index is 986. The van der Waals surface area contributed by atoms with E-state index >= 15 is 0 Å². The number of hydrogen-bond acceptors (Lipinski definition) is 5. The van der Waals surface area contributed by atoms with Crippen LogP contribution in [-0.4, -0.2) is 53.1 Å². The van der Waals surface area contributed by atoms with Gasteiger partial charge in [-0.25, -0.2) is 0 Å². The Morgan fingerprint density at radius 3 is 2.52 bits per heavy atom. The van der Waals surface area contributed by atoms with Gasteiger partial charge in [0.05, 0.1) is 18.8 Å². The molecule has 0 saturated carbocycles. The van der Waals surface area contributed by atoms with E-state index in [1.807, 2.05) is 31.2 Å². The second-order valence-electron chi connectivity index (χ2n) is 7.63. The number of Topliss-reactive ketones (excluding diaryl/α,β-unsaturated/α-hetero) is 1. The fourth-order valence-electron chi connectivity index (χ4n) is 4.05. The van der Waals surface area contributed by atoms with Gasteiger partial charge in [-0.15, -0.1) is 11.3 Å². The van der Waals surface area contributed by atoms with E-state index in [2.05, 4.69) is 38.8 Å². The first kappa shape index (κ1) is 19.7. The summed E-state index contributed by atoms with van der Waals surface area (Å²) in [5.74, 6) is 0.502. The molecule has 0 radical (unpaired) electrons. The van der Waals surface area contributed by atoms with Crippen molar-refractivity contribution in [2.24, 2.45) is 0 Å². The van der Waals surface area contributed by atoms with Gasteiger partial charge in [0.15, 0.2) is 5.78 Å². The minimum atomic E-state index is 0.187. The highest BCUT2D eigenvalue weighted by Crippen LogP contribution is 2.27. The monoisotopic (exact) mass is 409 g/mol. The second kappa shape index (κ2) is 8.43. The van der Waals surface area contributed by atoms with Crippen LogP contribution >= 0.6 is 11.3 Å². The minimum absolute atomic E-state index is 0.187. The molecular weight excluding hydrogens is 382 g/mol. The largest absolute Gasteiger partial charge is 0.506 e. The number of hydrogen-bond donors (Lipinski definition) is 1. The number of aryl methyl sites for hydroxylation is 1. The van der Waals surface area contributed by atoms with E-state index in [-0.39, 0.29) is 5.78 Å². The predicted molar refractivity (Wildman–Crippen MR) is 118 cm³/mol. The molecule has 1 aliphatic heterocycles. The summed E-state index contributed by atoms with van der Waals surface area (Å²) in [6, 6.07) is 13.7. The maximum Gasteiger partial charge on any atom is 0.178 e. The summed E-state index contributed by atoms with van der Waals surface area (Å²) >= 11 is 1.74. The number of phenolic OH excluding ortho intramolecular Hbond substituents is 1. The minimum Gasteiger partial charge on any atom is -0.506 e. The molecule has 1 saturated heterocycles. The van der Waals surface area contributed by atoms with Crippen molar-refractivity contribution < 1.29 is 9.90 Å². The average molecular weight is 410 g/mol. The molecule has 3 aromatic rings. The lowest BCUT2D eigenvalue weighted by Crippen LogP contribution is -2.48. The van der Waals surface area contributed by atoms with Crippen LogP contribution in [0, 0.1) is 13.8 Å². The lowest BCUT2D eigenvalue weighted by Gasteiger charge is -2.35. The van der Waals surface area contributed by atoms with Gasteiger partial charge in [-0.05, 0) is 43.5 Å². The zero-order valence-corrected chi connectivity index (χ0v) is 17.8. The molecule has 4 rings (SSSR count). The Morgan fingerprint density at radius 2 is 1.83 bits per heavy atom. The van der Waals surface area contributed by atoms with E-state index in [4.69, 9.17) is 0 Å². The molecule has 29 heavy (non-hydrogen) atoms. The highest BCUT2D eigenvalue weighted by atomic mass is 32.1. The van der Waals surface area contributed by atoms with Crippen molar-refractivity contribution in [3.8, 4) is 5.75 Å². The van der Waals surface area contributed by atoms with Crippen LogP contribution in [0.5, 0.6) is 5.75 Å². The van der Waals surface area contributed by atoms with Gasteiger partial charge < -0.3 is 14.6 Å². The zero-order chi connectivity index (χ0) is 20.4. The summed E-state index contributed by atoms with van der Waals surface area (Å²) < 4.78 is 2.23. The summed E-state index contributed by atoms with van der Waals surface area (Å²) in [4.78, 5) is 18.7. The molecular formula is C23H27N3O2S. The van der Waals surface area contributed by atoms with Crippen LogP contribution in [-0.2, 0) is 6.54 Å². The molecule has 6 heteroatoms. The molecule has 5 nitrogen and oxygen atoms in total. The molecule has 0 bridgehead atoms. The third kappa shape index (κ3) is 4.23. The number of anilines is 1. The Hall–Kier alpha value is -2.57. The molecule has 0 unspecified atom stereocenters. The van der Waals surface area contributed by atoms with Gasteiger partial charge in [0, 0.05) is 48.0 Å². The number of nitrogens with zero attached hydrogens (tertiary/aromatic N) is 3. The molecule has 1 fully saturated rings. The summed E-state index contributed by atoms with van der Waals surface area (Å²) in [5, 5.41) is 12.2. The SMILES string of the molecule is Cc1cc(C(=O)CN2CCN(c3ccccc3O)CC2)c(C)n1Cc1cccs1. The number of ketones is 1. The number of carbonyl (C=O) groups is 1. The van der Waals surface area contributed by atoms with Crippen LogP contribution in [0.25, 0.3) is 0 Å². The number of rotatable bonds is 6. The molecule has 1 aromatic carbocycles. The second-order valence-corrected chi connectivity index (χ2v) is 8.66. The fourth-order valence-corrected chi connectivity index (χ4v) is 4.74. The van der Waals surface area contributed by atoms with Crippen molar-refractivity contribution in [2.75, 3.05) is 37.6 Å². The third-order valence-electron chi connectivity index (χ3n) is 5.73. The van der Waals surface area contributed by atoms with Crippen molar-refractivity contribution in [3.05, 3.63) is 69.7 Å². The highest BCUT2D eigenvalue weighted by Gasteiger charge is 2.23. The van der Waals surface area contributed by atoms with E-state index < -0.39 is 0 Å². The Labute approximate surface area is 175 Å². The van der Waals surface area contributed by atoms with E-state index in [0.29, 0.717) is 12.3 Å². The van der Waals surface area contributed by atoms with Crippen molar-refractivity contribution in [3.63, 3.8) is 0 Å². The van der Waals surface area contributed by atoms with E-state index in [1.54, 1.807) is 17.4 Å². The number of benzene rings is 1. The molecule has 0 amide bonds. The topological polar surface area (TPSA) is 48.7 Å². The Balaban J connectivity index is 1.39. The molecule has 1 aliphatic rings. The summed E-state index contributed by atoms with van der Waals surface area (Å²) in [7, 11) is 0. The van der Waals surface area contributed by atoms with E-state index in [0.717, 1.165) is 55.4 Å². The summed E-state index contributed by atoms with van der Waals surface area (Å²) in [6.07, 6.45) is 0. The first-order valence-electron chi connectivity index (χ1n) is 10.0. The smallest absolute Gasteiger partial charge is 0.178 e. The van der Waals surface area contributed by atoms with Crippen molar-refractivity contribution in [1.29, 1.82) is 0 Å². The number of piperazine rings is 1. The quantitative estimate of drug-likeness (QED) is 0.627. The van der Waals surface area contributed by atoms with Crippen molar-refractivity contribution in [1.82, 2.24) is 9.47 Å². The number of aromatic hydroxyl groups is 1. The molecule has 1 N–H and O–H groups in total. The third-order valence-corrected chi connectivity index (χ3v) is 6.59. The van der Waals surface area contributed by atoms with Crippen LogP contribution < -0.4 is 4.90 Å². The number of thiophene rings is 1.